The van der Waals surface area contributed by atoms with E-state index in [2.05, 4.69) is 22.3 Å². The van der Waals surface area contributed by atoms with E-state index in [4.69, 9.17) is 9.47 Å². The fraction of sp³-hybridized carbons (Fsp3) is 0.409. The lowest BCUT2D eigenvalue weighted by Gasteiger charge is -2.29. The molecule has 2 aromatic carbocycles. The van der Waals surface area contributed by atoms with Crippen LogP contribution in [0.4, 0.5) is 11.4 Å². The van der Waals surface area contributed by atoms with Crippen molar-refractivity contribution in [3.8, 4) is 11.5 Å². The van der Waals surface area contributed by atoms with Crippen LogP contribution in [0.15, 0.2) is 48.5 Å². The maximum absolute atomic E-state index is 12.6. The normalized spacial score (nSPS) is 15.1. The van der Waals surface area contributed by atoms with E-state index in [1.54, 1.807) is 7.11 Å². The molecule has 27 heavy (non-hydrogen) atoms. The molecule has 0 aromatic heterocycles. The molecule has 1 atom stereocenters. The summed E-state index contributed by atoms with van der Waals surface area (Å²) >= 11 is 0. The van der Waals surface area contributed by atoms with Crippen molar-refractivity contribution in [1.29, 1.82) is 0 Å². The second-order valence-electron chi connectivity index (χ2n) is 6.75. The topological polar surface area (TPSA) is 50.8 Å². The zero-order valence-electron chi connectivity index (χ0n) is 16.1. The molecule has 3 rings (SSSR count). The number of para-hydroxylation sites is 2. The third-order valence-corrected chi connectivity index (χ3v) is 4.86. The zero-order chi connectivity index (χ0) is 19.1. The number of nitrogens with one attached hydrogen (secondary N) is 1. The number of anilines is 2. The van der Waals surface area contributed by atoms with Gasteiger partial charge in [0.15, 0.2) is 17.6 Å². The van der Waals surface area contributed by atoms with Crippen molar-refractivity contribution in [1.82, 2.24) is 0 Å². The number of hydrogen-bond donors (Lipinski definition) is 1. The van der Waals surface area contributed by atoms with Gasteiger partial charge < -0.3 is 19.7 Å². The van der Waals surface area contributed by atoms with E-state index in [0.29, 0.717) is 17.9 Å². The van der Waals surface area contributed by atoms with Gasteiger partial charge in [0.1, 0.15) is 0 Å². The maximum atomic E-state index is 12.6. The molecule has 1 N–H and O–H groups in total. The molecule has 1 aliphatic heterocycles. The summed E-state index contributed by atoms with van der Waals surface area (Å²) in [6.45, 7) is 4.14. The molecular formula is C22H28N2O3. The Hall–Kier alpha value is -2.69. The van der Waals surface area contributed by atoms with Gasteiger partial charge in [0.05, 0.1) is 7.11 Å². The first-order valence-corrected chi connectivity index (χ1v) is 9.67. The Morgan fingerprint density at radius 3 is 2.33 bits per heavy atom. The fourth-order valence-electron chi connectivity index (χ4n) is 3.32. The van der Waals surface area contributed by atoms with Crippen LogP contribution in [0.2, 0.25) is 0 Å². The zero-order valence-corrected chi connectivity index (χ0v) is 16.1. The Labute approximate surface area is 161 Å². The molecule has 0 saturated carbocycles. The standard InChI is InChI=1S/C22H28N2O3/c1-3-19(27-21-10-6-5-9-20(21)26-2)22(25)23-17-11-13-18(14-12-17)24-15-7-4-8-16-24/h5-6,9-14,19H,3-4,7-8,15-16H2,1-2H3,(H,23,25)/t19-/m0/s1. The number of ether oxygens (including phenoxy) is 2. The Balaban J connectivity index is 1.62. The number of carbonyl (C=O) groups excluding carboxylic acids is 1. The van der Waals surface area contributed by atoms with Crippen molar-refractivity contribution < 1.29 is 14.3 Å². The van der Waals surface area contributed by atoms with Crippen LogP contribution in [0.3, 0.4) is 0 Å². The molecule has 0 spiro atoms. The van der Waals surface area contributed by atoms with Crippen LogP contribution in [0.5, 0.6) is 11.5 Å². The molecule has 0 aliphatic carbocycles. The molecule has 1 fully saturated rings. The molecule has 1 heterocycles. The number of rotatable bonds is 7. The van der Waals surface area contributed by atoms with Crippen molar-refractivity contribution in [3.63, 3.8) is 0 Å². The van der Waals surface area contributed by atoms with Gasteiger partial charge in [0, 0.05) is 24.5 Å². The summed E-state index contributed by atoms with van der Waals surface area (Å²) in [5.41, 5.74) is 1.99. The summed E-state index contributed by atoms with van der Waals surface area (Å²) in [4.78, 5) is 15.0. The molecule has 1 amide bonds. The first-order chi connectivity index (χ1) is 13.2. The van der Waals surface area contributed by atoms with Crippen molar-refractivity contribution >= 4 is 17.3 Å². The van der Waals surface area contributed by atoms with Gasteiger partial charge in [-0.15, -0.1) is 0 Å². The molecule has 5 heteroatoms. The number of amides is 1. The van der Waals surface area contributed by atoms with Gasteiger partial charge >= 0.3 is 0 Å². The summed E-state index contributed by atoms with van der Waals surface area (Å²) in [6, 6.07) is 15.4. The van der Waals surface area contributed by atoms with Crippen molar-refractivity contribution in [2.24, 2.45) is 0 Å². The van der Waals surface area contributed by atoms with Crippen molar-refractivity contribution in [3.05, 3.63) is 48.5 Å². The summed E-state index contributed by atoms with van der Waals surface area (Å²) in [5, 5.41) is 2.96. The Morgan fingerprint density at radius 1 is 1.04 bits per heavy atom. The molecule has 0 bridgehead atoms. The Morgan fingerprint density at radius 2 is 1.70 bits per heavy atom. The van der Waals surface area contributed by atoms with Crippen LogP contribution in [0.1, 0.15) is 32.6 Å². The van der Waals surface area contributed by atoms with E-state index in [1.807, 2.05) is 43.3 Å². The van der Waals surface area contributed by atoms with Gasteiger partial charge in [-0.2, -0.15) is 0 Å². The van der Waals surface area contributed by atoms with E-state index in [9.17, 15) is 4.79 Å². The average molecular weight is 368 g/mol. The number of carbonyl (C=O) groups is 1. The number of benzene rings is 2. The summed E-state index contributed by atoms with van der Waals surface area (Å²) < 4.78 is 11.2. The van der Waals surface area contributed by atoms with Crippen LogP contribution in [-0.4, -0.2) is 32.2 Å². The highest BCUT2D eigenvalue weighted by Crippen LogP contribution is 2.28. The molecule has 2 aromatic rings. The second-order valence-corrected chi connectivity index (χ2v) is 6.75. The smallest absolute Gasteiger partial charge is 0.265 e. The lowest BCUT2D eigenvalue weighted by atomic mass is 10.1. The number of nitrogens with zero attached hydrogens (tertiary/aromatic N) is 1. The van der Waals surface area contributed by atoms with E-state index in [1.165, 1.54) is 24.9 Å². The largest absolute Gasteiger partial charge is 0.493 e. The molecule has 1 aliphatic rings. The lowest BCUT2D eigenvalue weighted by molar-refractivity contribution is -0.122. The minimum Gasteiger partial charge on any atom is -0.493 e. The van der Waals surface area contributed by atoms with E-state index < -0.39 is 6.10 Å². The van der Waals surface area contributed by atoms with Crippen LogP contribution < -0.4 is 19.7 Å². The van der Waals surface area contributed by atoms with E-state index >= 15 is 0 Å². The van der Waals surface area contributed by atoms with Gasteiger partial charge in [-0.3, -0.25) is 4.79 Å². The van der Waals surface area contributed by atoms with Crippen molar-refractivity contribution in [2.45, 2.75) is 38.7 Å². The molecule has 144 valence electrons. The van der Waals surface area contributed by atoms with Gasteiger partial charge in [-0.25, -0.2) is 0 Å². The monoisotopic (exact) mass is 368 g/mol. The highest BCUT2D eigenvalue weighted by atomic mass is 16.5. The molecular weight excluding hydrogens is 340 g/mol. The quantitative estimate of drug-likeness (QED) is 0.783. The van der Waals surface area contributed by atoms with Gasteiger partial charge in [-0.05, 0) is 62.1 Å². The first-order valence-electron chi connectivity index (χ1n) is 9.67. The predicted octanol–water partition coefficient (Wildman–Crippen LogP) is 4.48. The molecule has 0 radical (unpaired) electrons. The number of hydrogen-bond acceptors (Lipinski definition) is 4. The Kier molecular flexibility index (Phi) is 6.58. The highest BCUT2D eigenvalue weighted by Gasteiger charge is 2.20. The minimum absolute atomic E-state index is 0.158. The van der Waals surface area contributed by atoms with Crippen LogP contribution in [-0.2, 0) is 4.79 Å². The summed E-state index contributed by atoms with van der Waals surface area (Å²) in [5.74, 6) is 1.03. The van der Waals surface area contributed by atoms with E-state index in [0.717, 1.165) is 18.8 Å². The van der Waals surface area contributed by atoms with Crippen molar-refractivity contribution in [2.75, 3.05) is 30.4 Å². The number of methoxy groups -OCH3 is 1. The second kappa shape index (κ2) is 9.31. The first kappa shape index (κ1) is 19.1. The maximum Gasteiger partial charge on any atom is 0.265 e. The average Bonchev–Trinajstić information content (AvgIpc) is 2.73. The van der Waals surface area contributed by atoms with Crippen LogP contribution in [0.25, 0.3) is 0 Å². The van der Waals surface area contributed by atoms with Gasteiger partial charge in [0.25, 0.3) is 5.91 Å². The third kappa shape index (κ3) is 4.94. The third-order valence-electron chi connectivity index (χ3n) is 4.86. The number of piperidine rings is 1. The van der Waals surface area contributed by atoms with Crippen LogP contribution in [0, 0.1) is 0 Å². The summed E-state index contributed by atoms with van der Waals surface area (Å²) in [7, 11) is 1.59. The molecule has 5 nitrogen and oxygen atoms in total. The predicted molar refractivity (Wildman–Crippen MR) is 109 cm³/mol. The van der Waals surface area contributed by atoms with Crippen LogP contribution >= 0.6 is 0 Å². The molecule has 0 unspecified atom stereocenters. The van der Waals surface area contributed by atoms with Gasteiger partial charge in [0.2, 0.25) is 0 Å². The highest BCUT2D eigenvalue weighted by molar-refractivity contribution is 5.94. The molecule has 1 saturated heterocycles. The fourth-order valence-corrected chi connectivity index (χ4v) is 3.32. The van der Waals surface area contributed by atoms with Gasteiger partial charge in [-0.1, -0.05) is 19.1 Å². The SMILES string of the molecule is CC[C@H](Oc1ccccc1OC)C(=O)Nc1ccc(N2CCCCC2)cc1. The lowest BCUT2D eigenvalue weighted by Crippen LogP contribution is -2.32. The summed E-state index contributed by atoms with van der Waals surface area (Å²) in [6.07, 6.45) is 3.79. The minimum atomic E-state index is -0.580. The van der Waals surface area contributed by atoms with E-state index in [-0.39, 0.29) is 5.91 Å². The Bertz CT molecular complexity index is 739.